The highest BCUT2D eigenvalue weighted by molar-refractivity contribution is 6.74. The molecule has 1 heterocycles. The van der Waals surface area contributed by atoms with Gasteiger partial charge in [-0.2, -0.15) is 0 Å². The van der Waals surface area contributed by atoms with Gasteiger partial charge in [0.05, 0.1) is 13.2 Å². The maximum atomic E-state index is 6.41. The molecule has 5 heteroatoms. The number of ether oxygens (including phenoxy) is 1. The topological polar surface area (TPSA) is 27.7 Å². The van der Waals surface area contributed by atoms with Crippen molar-refractivity contribution >= 4 is 16.6 Å². The zero-order chi connectivity index (χ0) is 17.4. The van der Waals surface area contributed by atoms with Gasteiger partial charge in [-0.05, 0) is 36.3 Å². The van der Waals surface area contributed by atoms with Crippen LogP contribution in [0.5, 0.6) is 0 Å². The van der Waals surface area contributed by atoms with E-state index in [1.165, 1.54) is 0 Å². The van der Waals surface area contributed by atoms with Crippen molar-refractivity contribution in [2.75, 3.05) is 13.2 Å². The van der Waals surface area contributed by atoms with Crippen LogP contribution in [0, 0.1) is 0 Å². The van der Waals surface area contributed by atoms with Crippen molar-refractivity contribution in [2.24, 2.45) is 0 Å². The van der Waals surface area contributed by atoms with Crippen molar-refractivity contribution in [3.05, 3.63) is 11.6 Å². The van der Waals surface area contributed by atoms with Gasteiger partial charge < -0.3 is 13.6 Å². The summed E-state index contributed by atoms with van der Waals surface area (Å²) in [7, 11) is -3.57. The van der Waals surface area contributed by atoms with Crippen molar-refractivity contribution < 1.29 is 13.6 Å². The van der Waals surface area contributed by atoms with Gasteiger partial charge in [-0.15, -0.1) is 0 Å². The van der Waals surface area contributed by atoms with Gasteiger partial charge in [-0.1, -0.05) is 47.6 Å². The van der Waals surface area contributed by atoms with E-state index in [1.54, 1.807) is 0 Å². The lowest BCUT2D eigenvalue weighted by molar-refractivity contribution is -0.0393. The van der Waals surface area contributed by atoms with Crippen molar-refractivity contribution in [2.45, 2.75) is 84.1 Å². The van der Waals surface area contributed by atoms with Gasteiger partial charge in [0.25, 0.3) is 0 Å². The number of hydrogen-bond acceptors (Lipinski definition) is 3. The molecule has 0 fully saturated rings. The van der Waals surface area contributed by atoms with Crippen LogP contribution in [0.15, 0.2) is 11.6 Å². The summed E-state index contributed by atoms with van der Waals surface area (Å²) in [5.41, 5.74) is 1.16. The lowest BCUT2D eigenvalue weighted by Crippen LogP contribution is -2.45. The second kappa shape index (κ2) is 6.51. The maximum Gasteiger partial charge on any atom is 0.195 e. The lowest BCUT2D eigenvalue weighted by atomic mass is 10.2. The second-order valence-corrected chi connectivity index (χ2v) is 18.9. The Balaban J connectivity index is 2.69. The Labute approximate surface area is 139 Å². The summed E-state index contributed by atoms with van der Waals surface area (Å²) in [4.78, 5) is 0. The SMILES string of the molecule is CC(C)(C)[Si](C)(C)OCC1=CCO[C@@H]1O[Si](C)(C)C(C)(C)C. The summed E-state index contributed by atoms with van der Waals surface area (Å²) >= 11 is 0. The Morgan fingerprint density at radius 3 is 1.95 bits per heavy atom. The quantitative estimate of drug-likeness (QED) is 0.499. The Kier molecular flexibility index (Phi) is 5.95. The summed E-state index contributed by atoms with van der Waals surface area (Å²) in [5.74, 6) is 0. The van der Waals surface area contributed by atoms with Gasteiger partial charge in [0.2, 0.25) is 0 Å². The highest BCUT2D eigenvalue weighted by Crippen LogP contribution is 2.40. The third kappa shape index (κ3) is 4.77. The van der Waals surface area contributed by atoms with Gasteiger partial charge in [-0.25, -0.2) is 0 Å². The molecule has 0 aromatic heterocycles. The Bertz CT molecular complexity index is 415. The van der Waals surface area contributed by atoms with Crippen LogP contribution in [0.1, 0.15) is 41.5 Å². The molecule has 3 nitrogen and oxygen atoms in total. The van der Waals surface area contributed by atoms with Crippen LogP contribution in [0.4, 0.5) is 0 Å². The van der Waals surface area contributed by atoms with Gasteiger partial charge in [0.15, 0.2) is 22.9 Å². The minimum absolute atomic E-state index is 0.185. The van der Waals surface area contributed by atoms with E-state index in [0.29, 0.717) is 13.2 Å². The van der Waals surface area contributed by atoms with E-state index < -0.39 is 16.6 Å². The summed E-state index contributed by atoms with van der Waals surface area (Å²) in [5, 5.41) is 0.410. The minimum Gasteiger partial charge on any atom is -0.413 e. The maximum absolute atomic E-state index is 6.41. The fraction of sp³-hybridized carbons (Fsp3) is 0.882. The molecule has 0 saturated carbocycles. The molecular weight excluding hydrogens is 308 g/mol. The average molecular weight is 345 g/mol. The van der Waals surface area contributed by atoms with Gasteiger partial charge >= 0.3 is 0 Å². The zero-order valence-corrected chi connectivity index (χ0v) is 18.3. The molecule has 130 valence electrons. The average Bonchev–Trinajstić information content (AvgIpc) is 2.70. The van der Waals surface area contributed by atoms with E-state index in [-0.39, 0.29) is 16.4 Å². The van der Waals surface area contributed by atoms with Crippen molar-refractivity contribution in [1.82, 2.24) is 0 Å². The molecule has 0 N–H and O–H groups in total. The molecule has 0 spiro atoms. The van der Waals surface area contributed by atoms with Crippen molar-refractivity contribution in [3.8, 4) is 0 Å². The zero-order valence-electron chi connectivity index (χ0n) is 16.3. The van der Waals surface area contributed by atoms with E-state index >= 15 is 0 Å². The predicted octanol–water partition coefficient (Wildman–Crippen LogP) is 5.31. The summed E-state index contributed by atoms with van der Waals surface area (Å²) in [6, 6.07) is 0. The molecule has 1 atom stereocenters. The van der Waals surface area contributed by atoms with Crippen LogP contribution < -0.4 is 0 Å². The summed E-state index contributed by atoms with van der Waals surface area (Å²) in [6.07, 6.45) is 1.91. The summed E-state index contributed by atoms with van der Waals surface area (Å²) in [6.45, 7) is 23.9. The molecule has 0 unspecified atom stereocenters. The predicted molar refractivity (Wildman–Crippen MR) is 99.3 cm³/mol. The molecule has 0 amide bonds. The molecule has 0 saturated heterocycles. The lowest BCUT2D eigenvalue weighted by Gasteiger charge is -2.39. The first kappa shape index (κ1) is 20.1. The fourth-order valence-corrected chi connectivity index (χ4v) is 3.68. The van der Waals surface area contributed by atoms with E-state index in [1.807, 2.05) is 0 Å². The number of rotatable bonds is 5. The number of hydrogen-bond donors (Lipinski definition) is 0. The highest BCUT2D eigenvalue weighted by atomic mass is 28.4. The normalized spacial score (nSPS) is 21.2. The van der Waals surface area contributed by atoms with Gasteiger partial charge in [-0.3, -0.25) is 0 Å². The molecule has 0 radical (unpaired) electrons. The van der Waals surface area contributed by atoms with Crippen LogP contribution in [-0.4, -0.2) is 36.1 Å². The molecule has 1 aliphatic rings. The van der Waals surface area contributed by atoms with Crippen LogP contribution in [-0.2, 0) is 13.6 Å². The molecule has 1 rings (SSSR count). The van der Waals surface area contributed by atoms with Crippen molar-refractivity contribution in [1.29, 1.82) is 0 Å². The third-order valence-corrected chi connectivity index (χ3v) is 14.4. The molecule has 1 aliphatic heterocycles. The minimum atomic E-state index is -1.83. The molecule has 22 heavy (non-hydrogen) atoms. The van der Waals surface area contributed by atoms with Gasteiger partial charge in [0.1, 0.15) is 0 Å². The van der Waals surface area contributed by atoms with Crippen LogP contribution >= 0.6 is 0 Å². The van der Waals surface area contributed by atoms with E-state index in [9.17, 15) is 0 Å². The first-order chi connectivity index (χ1) is 9.67. The van der Waals surface area contributed by atoms with Crippen LogP contribution in [0.3, 0.4) is 0 Å². The Morgan fingerprint density at radius 2 is 1.50 bits per heavy atom. The molecular formula is C17H36O3Si2. The van der Waals surface area contributed by atoms with Crippen LogP contribution in [0.2, 0.25) is 36.3 Å². The molecule has 0 aromatic carbocycles. The standard InChI is InChI=1S/C17H36O3Si2/c1-16(2,3)21(7,8)19-13-14-11-12-18-15(14)20-22(9,10)17(4,5)6/h11,15H,12-13H2,1-10H3/t15-/m1/s1. The first-order valence-corrected chi connectivity index (χ1v) is 14.1. The van der Waals surface area contributed by atoms with Crippen LogP contribution in [0.25, 0.3) is 0 Å². The first-order valence-electron chi connectivity index (χ1n) is 8.30. The van der Waals surface area contributed by atoms with Gasteiger partial charge in [0, 0.05) is 5.57 Å². The second-order valence-electron chi connectivity index (χ2n) is 9.37. The van der Waals surface area contributed by atoms with E-state index in [2.05, 4.69) is 73.8 Å². The molecule has 0 bridgehead atoms. The smallest absolute Gasteiger partial charge is 0.195 e. The molecule has 0 aromatic rings. The highest BCUT2D eigenvalue weighted by Gasteiger charge is 2.42. The molecule has 0 aliphatic carbocycles. The Morgan fingerprint density at radius 1 is 1.00 bits per heavy atom. The Hall–Kier alpha value is 0.0538. The largest absolute Gasteiger partial charge is 0.413 e. The van der Waals surface area contributed by atoms with Crippen molar-refractivity contribution in [3.63, 3.8) is 0 Å². The summed E-state index contributed by atoms with van der Waals surface area (Å²) < 4.78 is 18.5. The monoisotopic (exact) mass is 344 g/mol. The third-order valence-electron chi connectivity index (χ3n) is 5.51. The van der Waals surface area contributed by atoms with E-state index in [0.717, 1.165) is 5.57 Å². The fourth-order valence-electron chi connectivity index (χ4n) is 1.61. The van der Waals surface area contributed by atoms with E-state index in [4.69, 9.17) is 13.6 Å².